The third-order valence-corrected chi connectivity index (χ3v) is 3.18. The van der Waals surface area contributed by atoms with Gasteiger partial charge in [0.15, 0.2) is 5.78 Å². The molecule has 0 fully saturated rings. The number of hydrogen-bond acceptors (Lipinski definition) is 1. The van der Waals surface area contributed by atoms with E-state index in [0.717, 1.165) is 12.0 Å². The molecule has 0 aromatic heterocycles. The second-order valence-corrected chi connectivity index (χ2v) is 4.61. The van der Waals surface area contributed by atoms with E-state index in [1.165, 1.54) is 18.4 Å². The molecule has 1 aliphatic rings. The van der Waals surface area contributed by atoms with Crippen LogP contribution in [0.2, 0.25) is 0 Å². The van der Waals surface area contributed by atoms with Crippen LogP contribution in [0.4, 0.5) is 0 Å². The maximum Gasteiger partial charge on any atom is 0.163 e. The first-order chi connectivity index (χ1) is 7.75. The van der Waals surface area contributed by atoms with Gasteiger partial charge in [-0.25, -0.2) is 0 Å². The van der Waals surface area contributed by atoms with Crippen molar-refractivity contribution in [3.05, 3.63) is 47.5 Å². The zero-order chi connectivity index (χ0) is 11.4. The Morgan fingerprint density at radius 1 is 1.31 bits per heavy atom. The van der Waals surface area contributed by atoms with Crippen LogP contribution in [0.3, 0.4) is 0 Å². The lowest BCUT2D eigenvalue weighted by Crippen LogP contribution is -2.09. The number of benzene rings is 1. The van der Waals surface area contributed by atoms with Crippen molar-refractivity contribution >= 4 is 5.78 Å². The van der Waals surface area contributed by atoms with Crippen molar-refractivity contribution in [1.82, 2.24) is 0 Å². The molecule has 0 amide bonds. The average Bonchev–Trinajstić information content (AvgIpc) is 2.31. The van der Waals surface area contributed by atoms with Gasteiger partial charge in [-0.05, 0) is 32.1 Å². The molecule has 0 saturated carbocycles. The molecule has 1 unspecified atom stereocenters. The number of rotatable bonds is 3. The fourth-order valence-corrected chi connectivity index (χ4v) is 2.15. The molecule has 1 heteroatoms. The second kappa shape index (κ2) is 5.11. The maximum absolute atomic E-state index is 12.0. The summed E-state index contributed by atoms with van der Waals surface area (Å²) in [6.07, 6.45) is 8.64. The summed E-state index contributed by atoms with van der Waals surface area (Å²) >= 11 is 0. The van der Waals surface area contributed by atoms with Crippen LogP contribution >= 0.6 is 0 Å². The zero-order valence-electron chi connectivity index (χ0n) is 9.78. The first-order valence-corrected chi connectivity index (χ1v) is 6.02. The number of ketones is 1. The predicted octanol–water partition coefficient (Wildman–Crippen LogP) is 3.92. The Balaban J connectivity index is 1.99. The van der Waals surface area contributed by atoms with Crippen LogP contribution in [-0.4, -0.2) is 5.78 Å². The molecular formula is C15H18O. The Labute approximate surface area is 97.2 Å². The minimum Gasteiger partial charge on any atom is -0.294 e. The Morgan fingerprint density at radius 2 is 2.06 bits per heavy atom. The van der Waals surface area contributed by atoms with Crippen LogP contribution < -0.4 is 0 Å². The van der Waals surface area contributed by atoms with Gasteiger partial charge in [0.1, 0.15) is 0 Å². The van der Waals surface area contributed by atoms with Gasteiger partial charge in [0.2, 0.25) is 0 Å². The van der Waals surface area contributed by atoms with Gasteiger partial charge in [-0.3, -0.25) is 4.79 Å². The summed E-state index contributed by atoms with van der Waals surface area (Å²) in [5.74, 6) is 0.735. The SMILES string of the molecule is Cc1ccc(C(=O)CC2C=CCCC2)cc1. The largest absolute Gasteiger partial charge is 0.294 e. The molecule has 84 valence electrons. The van der Waals surface area contributed by atoms with Gasteiger partial charge in [0.05, 0.1) is 0 Å². The van der Waals surface area contributed by atoms with E-state index >= 15 is 0 Å². The molecule has 1 aliphatic carbocycles. The summed E-state index contributed by atoms with van der Waals surface area (Å²) < 4.78 is 0. The van der Waals surface area contributed by atoms with E-state index in [0.29, 0.717) is 12.3 Å². The van der Waals surface area contributed by atoms with Crippen molar-refractivity contribution < 1.29 is 4.79 Å². The minimum absolute atomic E-state index is 0.275. The molecule has 0 spiro atoms. The number of allylic oxidation sites excluding steroid dienone is 2. The molecule has 0 saturated heterocycles. The number of carbonyl (C=O) groups excluding carboxylic acids is 1. The maximum atomic E-state index is 12.0. The van der Waals surface area contributed by atoms with Crippen molar-refractivity contribution in [3.8, 4) is 0 Å². The Bertz CT molecular complexity index is 386. The number of carbonyl (C=O) groups is 1. The van der Waals surface area contributed by atoms with Gasteiger partial charge < -0.3 is 0 Å². The standard InChI is InChI=1S/C15H18O/c1-12-7-9-14(10-8-12)15(16)11-13-5-3-2-4-6-13/h3,5,7-10,13H,2,4,6,11H2,1H3. The van der Waals surface area contributed by atoms with Crippen molar-refractivity contribution in [1.29, 1.82) is 0 Å². The number of Topliss-reactive ketones (excluding diaryl/α,β-unsaturated/α-hetero) is 1. The summed E-state index contributed by atoms with van der Waals surface area (Å²) in [6.45, 7) is 2.04. The lowest BCUT2D eigenvalue weighted by atomic mass is 9.90. The van der Waals surface area contributed by atoms with Gasteiger partial charge in [-0.15, -0.1) is 0 Å². The second-order valence-electron chi connectivity index (χ2n) is 4.61. The van der Waals surface area contributed by atoms with E-state index < -0.39 is 0 Å². The summed E-state index contributed by atoms with van der Waals surface area (Å²) in [6, 6.07) is 7.88. The molecular weight excluding hydrogens is 196 g/mol. The normalized spacial score (nSPS) is 19.7. The summed E-state index contributed by atoms with van der Waals surface area (Å²) in [7, 11) is 0. The Morgan fingerprint density at radius 3 is 2.69 bits per heavy atom. The number of aryl methyl sites for hydroxylation is 1. The van der Waals surface area contributed by atoms with Gasteiger partial charge >= 0.3 is 0 Å². The Hall–Kier alpha value is -1.37. The van der Waals surface area contributed by atoms with E-state index in [-0.39, 0.29) is 5.78 Å². The zero-order valence-corrected chi connectivity index (χ0v) is 9.78. The van der Waals surface area contributed by atoms with Gasteiger partial charge in [-0.2, -0.15) is 0 Å². The minimum atomic E-state index is 0.275. The van der Waals surface area contributed by atoms with Crippen LogP contribution in [0.1, 0.15) is 41.6 Å². The Kier molecular flexibility index (Phi) is 3.55. The average molecular weight is 214 g/mol. The van der Waals surface area contributed by atoms with E-state index in [2.05, 4.69) is 12.2 Å². The highest BCUT2D eigenvalue weighted by molar-refractivity contribution is 5.96. The molecule has 0 aliphatic heterocycles. The van der Waals surface area contributed by atoms with Crippen LogP contribution in [0, 0.1) is 12.8 Å². The lowest BCUT2D eigenvalue weighted by Gasteiger charge is -2.15. The van der Waals surface area contributed by atoms with Crippen LogP contribution in [-0.2, 0) is 0 Å². The van der Waals surface area contributed by atoms with Crippen LogP contribution in [0.15, 0.2) is 36.4 Å². The molecule has 0 N–H and O–H groups in total. The fourth-order valence-electron chi connectivity index (χ4n) is 2.15. The van der Waals surface area contributed by atoms with Crippen molar-refractivity contribution in [3.63, 3.8) is 0 Å². The van der Waals surface area contributed by atoms with Gasteiger partial charge in [0, 0.05) is 12.0 Å². The van der Waals surface area contributed by atoms with Crippen molar-refractivity contribution in [2.24, 2.45) is 5.92 Å². The molecule has 1 aromatic carbocycles. The van der Waals surface area contributed by atoms with Gasteiger partial charge in [0.25, 0.3) is 0 Å². The van der Waals surface area contributed by atoms with Crippen LogP contribution in [0.25, 0.3) is 0 Å². The van der Waals surface area contributed by atoms with E-state index in [4.69, 9.17) is 0 Å². The highest BCUT2D eigenvalue weighted by atomic mass is 16.1. The lowest BCUT2D eigenvalue weighted by molar-refractivity contribution is 0.0966. The predicted molar refractivity (Wildman–Crippen MR) is 66.6 cm³/mol. The highest BCUT2D eigenvalue weighted by Gasteiger charge is 2.14. The summed E-state index contributed by atoms with van der Waals surface area (Å²) in [4.78, 5) is 12.0. The topological polar surface area (TPSA) is 17.1 Å². The molecule has 0 heterocycles. The molecule has 0 radical (unpaired) electrons. The molecule has 0 bridgehead atoms. The highest BCUT2D eigenvalue weighted by Crippen LogP contribution is 2.22. The molecule has 2 rings (SSSR count). The number of hydrogen-bond donors (Lipinski definition) is 0. The molecule has 1 atom stereocenters. The molecule has 1 aromatic rings. The van der Waals surface area contributed by atoms with Crippen molar-refractivity contribution in [2.45, 2.75) is 32.6 Å². The third kappa shape index (κ3) is 2.82. The molecule has 16 heavy (non-hydrogen) atoms. The fraction of sp³-hybridized carbons (Fsp3) is 0.400. The first kappa shape index (κ1) is 11.1. The van der Waals surface area contributed by atoms with Gasteiger partial charge in [-0.1, -0.05) is 42.0 Å². The molecule has 1 nitrogen and oxygen atoms in total. The summed E-state index contributed by atoms with van der Waals surface area (Å²) in [5, 5.41) is 0. The third-order valence-electron chi connectivity index (χ3n) is 3.18. The van der Waals surface area contributed by atoms with E-state index in [1.54, 1.807) is 0 Å². The summed E-state index contributed by atoms with van der Waals surface area (Å²) in [5.41, 5.74) is 2.05. The quantitative estimate of drug-likeness (QED) is 0.550. The first-order valence-electron chi connectivity index (χ1n) is 6.02. The van der Waals surface area contributed by atoms with Crippen molar-refractivity contribution in [2.75, 3.05) is 0 Å². The monoisotopic (exact) mass is 214 g/mol. The smallest absolute Gasteiger partial charge is 0.163 e. The van der Waals surface area contributed by atoms with Crippen LogP contribution in [0.5, 0.6) is 0 Å². The van der Waals surface area contributed by atoms with E-state index in [9.17, 15) is 4.79 Å². The van der Waals surface area contributed by atoms with E-state index in [1.807, 2.05) is 31.2 Å².